The van der Waals surface area contributed by atoms with Crippen molar-refractivity contribution in [2.45, 2.75) is 0 Å². The van der Waals surface area contributed by atoms with E-state index in [4.69, 9.17) is 0 Å². The molecule has 2 aromatic rings. The van der Waals surface area contributed by atoms with Gasteiger partial charge in [-0.25, -0.2) is 13.4 Å². The first-order valence-electron chi connectivity index (χ1n) is 5.88. The van der Waals surface area contributed by atoms with Crippen molar-refractivity contribution in [2.24, 2.45) is 0 Å². The molecule has 0 bridgehead atoms. The van der Waals surface area contributed by atoms with Gasteiger partial charge >= 0.3 is 10.2 Å². The highest BCUT2D eigenvalue weighted by atomic mass is 32.2. The molecule has 1 fully saturated rings. The fraction of sp³-hybridized carbons (Fsp3) is 0.0833. The van der Waals surface area contributed by atoms with Gasteiger partial charge in [-0.3, -0.25) is 4.79 Å². The van der Waals surface area contributed by atoms with Crippen LogP contribution in [-0.4, -0.2) is 31.0 Å². The Morgan fingerprint density at radius 1 is 1.29 bits per heavy atom. The molecule has 0 saturated carbocycles. The molecule has 0 aliphatic carbocycles. The molecule has 7 nitrogen and oxygen atoms in total. The summed E-state index contributed by atoms with van der Waals surface area (Å²) in [5.41, 5.74) is 0.0512. The minimum atomic E-state index is -4.19. The third-order valence-electron chi connectivity index (χ3n) is 3.07. The van der Waals surface area contributed by atoms with Gasteiger partial charge in [0.25, 0.3) is 5.91 Å². The second-order valence-corrected chi connectivity index (χ2v) is 6.03. The molecule has 0 spiro atoms. The normalized spacial score (nSPS) is 17.0. The Balaban J connectivity index is 2.20. The number of hydrogen-bond donors (Lipinski definition) is 3. The molecular formula is C12H10FN3O4S. The zero-order chi connectivity index (χ0) is 15.2. The lowest BCUT2D eigenvalue weighted by Crippen LogP contribution is -2.30. The van der Waals surface area contributed by atoms with Crippen LogP contribution in [0.2, 0.25) is 0 Å². The van der Waals surface area contributed by atoms with Gasteiger partial charge in [-0.15, -0.1) is 0 Å². The number of nitrogens with one attached hydrogen (secondary N) is 2. The van der Waals surface area contributed by atoms with E-state index in [0.29, 0.717) is 9.87 Å². The van der Waals surface area contributed by atoms with Crippen LogP contribution in [0.4, 0.5) is 10.1 Å². The summed E-state index contributed by atoms with van der Waals surface area (Å²) < 4.78 is 40.4. The van der Waals surface area contributed by atoms with Crippen LogP contribution in [0, 0.1) is 5.82 Å². The first-order valence-corrected chi connectivity index (χ1v) is 7.32. The fourth-order valence-corrected chi connectivity index (χ4v) is 3.32. The number of phenolic OH excluding ortho intramolecular Hbond substituents is 1. The Morgan fingerprint density at radius 2 is 2.05 bits per heavy atom. The molecule has 1 aromatic carbocycles. The second-order valence-electron chi connectivity index (χ2n) is 4.43. The zero-order valence-corrected chi connectivity index (χ0v) is 11.3. The summed E-state index contributed by atoms with van der Waals surface area (Å²) in [5.74, 6) is -2.28. The van der Waals surface area contributed by atoms with Crippen molar-refractivity contribution >= 4 is 21.8 Å². The maximum atomic E-state index is 14.6. The van der Waals surface area contributed by atoms with Crippen molar-refractivity contribution in [1.29, 1.82) is 0 Å². The van der Waals surface area contributed by atoms with Gasteiger partial charge in [-0.2, -0.15) is 8.42 Å². The van der Waals surface area contributed by atoms with Crippen LogP contribution in [0.25, 0.3) is 11.1 Å². The number of H-pyrrole nitrogens is 1. The molecule has 1 amide bonds. The van der Waals surface area contributed by atoms with Gasteiger partial charge in [0.15, 0.2) is 5.82 Å². The van der Waals surface area contributed by atoms with Gasteiger partial charge in [-0.1, -0.05) is 0 Å². The van der Waals surface area contributed by atoms with Gasteiger partial charge in [0, 0.05) is 23.5 Å². The standard InChI is InChI=1S/C12H10FN3O4S/c13-11-8(7-3-4-14-5-7)1-2-9(17)12(11)16-6-10(18)15-21(16,19)20/h1-5,14,17H,6H2,(H,15,18). The largest absolute Gasteiger partial charge is 0.506 e. The molecule has 1 saturated heterocycles. The highest BCUT2D eigenvalue weighted by Gasteiger charge is 2.37. The van der Waals surface area contributed by atoms with E-state index in [1.165, 1.54) is 18.3 Å². The molecule has 0 atom stereocenters. The van der Waals surface area contributed by atoms with E-state index in [-0.39, 0.29) is 5.56 Å². The molecule has 2 heterocycles. The van der Waals surface area contributed by atoms with Gasteiger partial charge in [0.05, 0.1) is 0 Å². The van der Waals surface area contributed by atoms with E-state index >= 15 is 0 Å². The minimum absolute atomic E-state index is 0.110. The monoisotopic (exact) mass is 311 g/mol. The van der Waals surface area contributed by atoms with Gasteiger partial charge in [-0.05, 0) is 18.2 Å². The molecule has 0 radical (unpaired) electrons. The van der Waals surface area contributed by atoms with Crippen LogP contribution in [-0.2, 0) is 15.0 Å². The first-order chi connectivity index (χ1) is 9.90. The predicted molar refractivity (Wildman–Crippen MR) is 72.3 cm³/mol. The molecule has 3 N–H and O–H groups in total. The SMILES string of the molecule is O=C1CN(c2c(O)ccc(-c3cc[nH]c3)c2F)S(=O)(=O)N1. The number of carbonyl (C=O) groups is 1. The number of benzene rings is 1. The minimum Gasteiger partial charge on any atom is -0.506 e. The van der Waals surface area contributed by atoms with E-state index < -0.39 is 39.9 Å². The van der Waals surface area contributed by atoms with Crippen LogP contribution in [0.5, 0.6) is 5.75 Å². The summed E-state index contributed by atoms with van der Waals surface area (Å²) in [5, 5.41) is 9.80. The number of nitrogens with zero attached hydrogens (tertiary/aromatic N) is 1. The van der Waals surface area contributed by atoms with Crippen molar-refractivity contribution in [3.8, 4) is 16.9 Å². The number of rotatable bonds is 2. The molecule has 0 unspecified atom stereocenters. The van der Waals surface area contributed by atoms with Crippen molar-refractivity contribution in [3.63, 3.8) is 0 Å². The van der Waals surface area contributed by atoms with Crippen LogP contribution in [0.15, 0.2) is 30.6 Å². The molecular weight excluding hydrogens is 301 g/mol. The summed E-state index contributed by atoms with van der Waals surface area (Å²) in [4.78, 5) is 14.0. The Labute approximate surface area is 119 Å². The van der Waals surface area contributed by atoms with Crippen LogP contribution < -0.4 is 9.03 Å². The maximum Gasteiger partial charge on any atom is 0.326 e. The number of anilines is 1. The van der Waals surface area contributed by atoms with Gasteiger partial charge in [0.2, 0.25) is 0 Å². The Hall–Kier alpha value is -2.55. The second kappa shape index (κ2) is 4.48. The molecule has 110 valence electrons. The number of carbonyl (C=O) groups excluding carboxylic acids is 1. The molecule has 1 aromatic heterocycles. The predicted octanol–water partition coefficient (Wildman–Crippen LogP) is 0.707. The summed E-state index contributed by atoms with van der Waals surface area (Å²) in [6, 6.07) is 4.11. The lowest BCUT2D eigenvalue weighted by molar-refractivity contribution is -0.117. The van der Waals surface area contributed by atoms with Crippen molar-refractivity contribution in [1.82, 2.24) is 9.71 Å². The van der Waals surface area contributed by atoms with E-state index in [1.54, 1.807) is 17.0 Å². The number of halogens is 1. The maximum absolute atomic E-state index is 14.6. The van der Waals surface area contributed by atoms with Crippen LogP contribution in [0.3, 0.4) is 0 Å². The summed E-state index contributed by atoms with van der Waals surface area (Å²) in [6.45, 7) is -0.580. The average molecular weight is 311 g/mol. The number of amides is 1. The Kier molecular flexibility index (Phi) is 2.87. The van der Waals surface area contributed by atoms with Crippen LogP contribution >= 0.6 is 0 Å². The highest BCUT2D eigenvalue weighted by Crippen LogP contribution is 2.38. The fourth-order valence-electron chi connectivity index (χ4n) is 2.15. The number of hydrogen-bond acceptors (Lipinski definition) is 4. The number of aromatic hydroxyl groups is 1. The third kappa shape index (κ3) is 2.11. The summed E-state index contributed by atoms with van der Waals surface area (Å²) >= 11 is 0. The van der Waals surface area contributed by atoms with Crippen molar-refractivity contribution in [2.75, 3.05) is 10.8 Å². The molecule has 1 aliphatic heterocycles. The lowest BCUT2D eigenvalue weighted by Gasteiger charge is -2.18. The number of aromatic amines is 1. The van der Waals surface area contributed by atoms with Gasteiger partial charge < -0.3 is 10.1 Å². The average Bonchev–Trinajstić information content (AvgIpc) is 2.98. The molecule has 21 heavy (non-hydrogen) atoms. The van der Waals surface area contributed by atoms with E-state index in [9.17, 15) is 22.7 Å². The summed E-state index contributed by atoms with van der Waals surface area (Å²) in [6.07, 6.45) is 3.11. The lowest BCUT2D eigenvalue weighted by atomic mass is 10.1. The smallest absolute Gasteiger partial charge is 0.326 e. The van der Waals surface area contributed by atoms with E-state index in [0.717, 1.165) is 0 Å². The first kappa shape index (κ1) is 13.4. The zero-order valence-electron chi connectivity index (χ0n) is 10.5. The van der Waals surface area contributed by atoms with E-state index in [1.807, 2.05) is 0 Å². The molecule has 9 heteroatoms. The quantitative estimate of drug-likeness (QED) is 0.760. The van der Waals surface area contributed by atoms with Crippen molar-refractivity contribution < 1.29 is 22.7 Å². The van der Waals surface area contributed by atoms with Crippen LogP contribution in [0.1, 0.15) is 0 Å². The third-order valence-corrected chi connectivity index (χ3v) is 4.45. The molecule has 1 aliphatic rings. The highest BCUT2D eigenvalue weighted by molar-refractivity contribution is 7.92. The van der Waals surface area contributed by atoms with Crippen molar-refractivity contribution in [3.05, 3.63) is 36.4 Å². The number of aromatic nitrogens is 1. The number of phenols is 1. The topological polar surface area (TPSA) is 102 Å². The Morgan fingerprint density at radius 3 is 2.62 bits per heavy atom. The van der Waals surface area contributed by atoms with E-state index in [2.05, 4.69) is 4.98 Å². The Bertz CT molecular complexity index is 817. The molecule has 3 rings (SSSR count). The summed E-state index contributed by atoms with van der Waals surface area (Å²) in [7, 11) is -4.19. The van der Waals surface area contributed by atoms with Gasteiger partial charge in [0.1, 0.15) is 18.0 Å².